The Hall–Kier alpha value is -2.10. The monoisotopic (exact) mass is 267 g/mol. The lowest BCUT2D eigenvalue weighted by molar-refractivity contribution is -0.391. The Morgan fingerprint density at radius 3 is 2.56 bits per heavy atom. The van der Waals surface area contributed by atoms with Crippen molar-refractivity contribution in [3.8, 4) is 11.6 Å². The van der Waals surface area contributed by atoms with Crippen LogP contribution in [0.1, 0.15) is 5.56 Å². The van der Waals surface area contributed by atoms with Crippen molar-refractivity contribution in [2.24, 2.45) is 5.73 Å². The molecular weight excluding hydrogens is 259 g/mol. The van der Waals surface area contributed by atoms with E-state index < -0.39 is 23.0 Å². The third-order valence-electron chi connectivity index (χ3n) is 1.83. The lowest BCUT2D eigenvalue weighted by Gasteiger charge is -2.09. The van der Waals surface area contributed by atoms with Crippen molar-refractivity contribution in [3.63, 3.8) is 0 Å². The summed E-state index contributed by atoms with van der Waals surface area (Å²) in [6.45, 7) is -0.263. The van der Waals surface area contributed by atoms with Gasteiger partial charge in [-0.05, 0) is 4.92 Å². The van der Waals surface area contributed by atoms with E-state index in [1.807, 2.05) is 0 Å². The zero-order valence-corrected chi connectivity index (χ0v) is 9.02. The first-order valence-electron chi connectivity index (χ1n) is 4.46. The summed E-state index contributed by atoms with van der Waals surface area (Å²) in [5.74, 6) is -2.15. The highest BCUT2D eigenvalue weighted by atomic mass is 19.4. The topological polar surface area (TPSA) is 101 Å². The van der Waals surface area contributed by atoms with Crippen LogP contribution in [0.2, 0.25) is 0 Å². The third kappa shape index (κ3) is 3.20. The van der Waals surface area contributed by atoms with Crippen molar-refractivity contribution in [1.29, 1.82) is 0 Å². The fourth-order valence-electron chi connectivity index (χ4n) is 1.21. The molecule has 0 fully saturated rings. The maximum absolute atomic E-state index is 12.0. The molecule has 0 unspecified atom stereocenters. The van der Waals surface area contributed by atoms with E-state index in [-0.39, 0.29) is 17.9 Å². The first-order valence-corrected chi connectivity index (χ1v) is 4.46. The largest absolute Gasteiger partial charge is 0.575 e. The van der Waals surface area contributed by atoms with E-state index >= 15 is 0 Å². The Morgan fingerprint density at radius 2 is 2.17 bits per heavy atom. The van der Waals surface area contributed by atoms with E-state index in [4.69, 9.17) is 10.5 Å². The van der Waals surface area contributed by atoms with E-state index in [2.05, 4.69) is 9.72 Å². The molecule has 0 radical (unpaired) electrons. The molecule has 18 heavy (non-hydrogen) atoms. The quantitative estimate of drug-likeness (QED) is 0.652. The molecule has 0 aliphatic rings. The van der Waals surface area contributed by atoms with Crippen LogP contribution in [0.4, 0.5) is 19.0 Å². The van der Waals surface area contributed by atoms with Crippen molar-refractivity contribution in [2.45, 2.75) is 12.9 Å². The molecule has 1 aromatic heterocycles. The highest BCUT2D eigenvalue weighted by molar-refractivity contribution is 5.49. The van der Waals surface area contributed by atoms with Gasteiger partial charge < -0.3 is 25.3 Å². The average molecular weight is 267 g/mol. The van der Waals surface area contributed by atoms with Crippen LogP contribution in [0.3, 0.4) is 0 Å². The van der Waals surface area contributed by atoms with Gasteiger partial charge >= 0.3 is 18.1 Å². The lowest BCUT2D eigenvalue weighted by Crippen LogP contribution is -2.19. The second kappa shape index (κ2) is 5.04. The van der Waals surface area contributed by atoms with Crippen LogP contribution in [-0.2, 0) is 6.54 Å². The highest BCUT2D eigenvalue weighted by Gasteiger charge is 2.35. The standard InChI is InChI=1S/C8H8F3N3O4/c1-17-6-4(3-12)2-5(18-8(9,10)11)13-7(6)14(15)16/h2H,3,12H2,1H3. The van der Waals surface area contributed by atoms with Crippen LogP contribution < -0.4 is 15.2 Å². The minimum atomic E-state index is -5.00. The molecule has 0 amide bonds. The summed E-state index contributed by atoms with van der Waals surface area (Å²) in [5, 5.41) is 10.7. The average Bonchev–Trinajstić information content (AvgIpc) is 2.25. The van der Waals surface area contributed by atoms with E-state index in [1.165, 1.54) is 0 Å². The Morgan fingerprint density at radius 1 is 1.56 bits per heavy atom. The van der Waals surface area contributed by atoms with E-state index in [9.17, 15) is 23.3 Å². The molecule has 1 heterocycles. The molecule has 0 atom stereocenters. The number of nitro groups is 1. The van der Waals surface area contributed by atoms with Gasteiger partial charge in [-0.3, -0.25) is 0 Å². The van der Waals surface area contributed by atoms with Crippen molar-refractivity contribution < 1.29 is 27.6 Å². The second-order valence-corrected chi connectivity index (χ2v) is 2.99. The van der Waals surface area contributed by atoms with Gasteiger partial charge in [0.25, 0.3) is 0 Å². The molecule has 0 spiro atoms. The third-order valence-corrected chi connectivity index (χ3v) is 1.83. The van der Waals surface area contributed by atoms with Crippen LogP contribution in [0.25, 0.3) is 0 Å². The molecule has 10 heteroatoms. The normalized spacial score (nSPS) is 11.2. The van der Waals surface area contributed by atoms with E-state index in [0.717, 1.165) is 13.2 Å². The molecule has 1 aromatic rings. The summed E-state index contributed by atoms with van der Waals surface area (Å²) in [7, 11) is 1.12. The first-order chi connectivity index (χ1) is 8.28. The maximum atomic E-state index is 12.0. The smallest absolute Gasteiger partial charge is 0.489 e. The van der Waals surface area contributed by atoms with Crippen molar-refractivity contribution in [3.05, 3.63) is 21.7 Å². The van der Waals surface area contributed by atoms with Gasteiger partial charge in [0.15, 0.2) is 0 Å². The van der Waals surface area contributed by atoms with Crippen molar-refractivity contribution >= 4 is 5.82 Å². The SMILES string of the molecule is COc1c(CN)cc(OC(F)(F)F)nc1[N+](=O)[O-]. The highest BCUT2D eigenvalue weighted by Crippen LogP contribution is 2.33. The maximum Gasteiger partial charge on any atom is 0.575 e. The summed E-state index contributed by atoms with van der Waals surface area (Å²) in [6, 6.07) is 0.833. The Labute approximate surface area is 98.5 Å². The number of hydrogen-bond acceptors (Lipinski definition) is 6. The molecule has 0 aliphatic heterocycles. The predicted molar refractivity (Wildman–Crippen MR) is 52.0 cm³/mol. The number of alkyl halides is 3. The number of aromatic nitrogens is 1. The van der Waals surface area contributed by atoms with Gasteiger partial charge in [-0.15, -0.1) is 13.2 Å². The summed E-state index contributed by atoms with van der Waals surface area (Å²) in [5.41, 5.74) is 5.25. The number of nitrogens with zero attached hydrogens (tertiary/aromatic N) is 2. The number of methoxy groups -OCH3 is 1. The van der Waals surface area contributed by atoms with Crippen molar-refractivity contribution in [2.75, 3.05) is 7.11 Å². The van der Waals surface area contributed by atoms with Crippen LogP contribution in [0.5, 0.6) is 11.6 Å². The number of rotatable bonds is 4. The van der Waals surface area contributed by atoms with Crippen LogP contribution in [0.15, 0.2) is 6.07 Å². The zero-order chi connectivity index (χ0) is 13.9. The van der Waals surface area contributed by atoms with Gasteiger partial charge in [-0.1, -0.05) is 0 Å². The number of nitrogens with two attached hydrogens (primary N) is 1. The van der Waals surface area contributed by atoms with Crippen LogP contribution in [0, 0.1) is 10.1 Å². The Bertz CT molecular complexity index is 464. The van der Waals surface area contributed by atoms with Crippen molar-refractivity contribution in [1.82, 2.24) is 4.98 Å². The molecule has 0 saturated carbocycles. The molecule has 0 saturated heterocycles. The minimum Gasteiger partial charge on any atom is -0.489 e. The lowest BCUT2D eigenvalue weighted by atomic mass is 10.2. The van der Waals surface area contributed by atoms with Gasteiger partial charge in [-0.2, -0.15) is 0 Å². The van der Waals surface area contributed by atoms with Gasteiger partial charge in [0.05, 0.1) is 7.11 Å². The minimum absolute atomic E-state index is 0.0153. The van der Waals surface area contributed by atoms with Gasteiger partial charge in [0.2, 0.25) is 5.75 Å². The predicted octanol–water partition coefficient (Wildman–Crippen LogP) is 1.36. The second-order valence-electron chi connectivity index (χ2n) is 2.99. The summed E-state index contributed by atoms with van der Waals surface area (Å²) < 4.78 is 44.2. The number of pyridine rings is 1. The molecule has 1 rings (SSSR count). The molecule has 0 aromatic carbocycles. The van der Waals surface area contributed by atoms with Gasteiger partial charge in [0.1, 0.15) is 0 Å². The van der Waals surface area contributed by atoms with Gasteiger partial charge in [0, 0.05) is 23.2 Å². The molecule has 100 valence electrons. The molecule has 7 nitrogen and oxygen atoms in total. The summed E-state index contributed by atoms with van der Waals surface area (Å²) in [4.78, 5) is 12.8. The molecular formula is C8H8F3N3O4. The van der Waals surface area contributed by atoms with Crippen LogP contribution >= 0.6 is 0 Å². The summed E-state index contributed by atoms with van der Waals surface area (Å²) >= 11 is 0. The zero-order valence-electron chi connectivity index (χ0n) is 9.02. The van der Waals surface area contributed by atoms with E-state index in [0.29, 0.717) is 0 Å². The summed E-state index contributed by atoms with van der Waals surface area (Å²) in [6.07, 6.45) is -5.00. The van der Waals surface area contributed by atoms with Crippen LogP contribution in [-0.4, -0.2) is 23.4 Å². The molecule has 2 N–H and O–H groups in total. The van der Waals surface area contributed by atoms with Gasteiger partial charge in [-0.25, -0.2) is 0 Å². The molecule has 0 aliphatic carbocycles. The first kappa shape index (κ1) is 14.0. The van der Waals surface area contributed by atoms with E-state index in [1.54, 1.807) is 0 Å². The Balaban J connectivity index is 3.32. The molecule has 0 bridgehead atoms. The fourth-order valence-corrected chi connectivity index (χ4v) is 1.21. The number of ether oxygens (including phenoxy) is 2. The Kier molecular flexibility index (Phi) is 3.91. The number of hydrogen-bond donors (Lipinski definition) is 1. The number of halogens is 3. The fraction of sp³-hybridized carbons (Fsp3) is 0.375.